The summed E-state index contributed by atoms with van der Waals surface area (Å²) in [5.41, 5.74) is 4.83. The summed E-state index contributed by atoms with van der Waals surface area (Å²) >= 11 is 0. The molecule has 0 saturated carbocycles. The molecule has 0 spiro atoms. The molecule has 0 unspecified atom stereocenters. The Morgan fingerprint density at radius 1 is 0.417 bits per heavy atom. The van der Waals surface area contributed by atoms with Crippen molar-refractivity contribution in [1.29, 1.82) is 0 Å². The Balaban J connectivity index is 0.000000354. The minimum Gasteiger partial charge on any atom is -0.461 e. The number of benzene rings is 4. The van der Waals surface area contributed by atoms with E-state index in [1.165, 1.54) is 0 Å². The summed E-state index contributed by atoms with van der Waals surface area (Å²) in [6.07, 6.45) is 0.208. The number of hydrogen-bond acceptors (Lipinski definition) is 24. The van der Waals surface area contributed by atoms with E-state index in [2.05, 4.69) is 86.9 Å². The monoisotopic (exact) mass is 977 g/mol. The van der Waals surface area contributed by atoms with Crippen LogP contribution in [0.5, 0.6) is 12.0 Å². The third-order valence-corrected chi connectivity index (χ3v) is 9.44. The van der Waals surface area contributed by atoms with Crippen LogP contribution in [0, 0.1) is 13.8 Å². The summed E-state index contributed by atoms with van der Waals surface area (Å²) in [6, 6.07) is 33.8. The van der Waals surface area contributed by atoms with Crippen LogP contribution in [0.2, 0.25) is 0 Å². The SMILES string of the molecule is Cc1nnc(OCCOc2nnc(C)nn2)nn1.O=C(CCCOCCOCCNC(=O)OCc1ccc(-c2nnc(-c3ccccc3)nn2)cc1)OCc1ccc(-c2nnc(-c3ccccc3)nn2)cc1. The van der Waals surface area contributed by atoms with Crippen molar-refractivity contribution in [3.05, 3.63) is 132 Å². The minimum atomic E-state index is -0.550. The number of alkyl carbamates (subject to hydrolysis) is 1. The number of amides is 1. The van der Waals surface area contributed by atoms with E-state index in [0.29, 0.717) is 67.8 Å². The van der Waals surface area contributed by atoms with Crippen LogP contribution in [0.25, 0.3) is 45.6 Å². The first-order valence-electron chi connectivity index (χ1n) is 22.3. The fourth-order valence-electron chi connectivity index (χ4n) is 5.82. The third-order valence-electron chi connectivity index (χ3n) is 9.44. The van der Waals surface area contributed by atoms with Gasteiger partial charge in [0.2, 0.25) is 23.3 Å². The lowest BCUT2D eigenvalue weighted by Crippen LogP contribution is -2.28. The fraction of sp³-hybridized carbons (Fsp3) is 0.277. The molecule has 0 fully saturated rings. The van der Waals surface area contributed by atoms with Gasteiger partial charge in [-0.15, -0.1) is 61.2 Å². The molecule has 0 aliphatic heterocycles. The number of aromatic nitrogens is 16. The average molecular weight is 978 g/mol. The van der Waals surface area contributed by atoms with Gasteiger partial charge in [-0.1, -0.05) is 130 Å². The number of aryl methyl sites for hydroxylation is 2. The maximum Gasteiger partial charge on any atom is 0.407 e. The molecule has 25 heteroatoms. The van der Waals surface area contributed by atoms with E-state index in [4.69, 9.17) is 28.4 Å². The maximum absolute atomic E-state index is 12.2. The van der Waals surface area contributed by atoms with Crippen molar-refractivity contribution in [2.75, 3.05) is 46.2 Å². The number of nitrogens with one attached hydrogen (secondary N) is 1. The first-order valence-corrected chi connectivity index (χ1v) is 22.3. The molecule has 8 rings (SSSR count). The summed E-state index contributed by atoms with van der Waals surface area (Å²) in [5, 5.41) is 65.5. The molecule has 0 radical (unpaired) electrons. The molecule has 0 aliphatic rings. The molecule has 72 heavy (non-hydrogen) atoms. The highest BCUT2D eigenvalue weighted by Gasteiger charge is 2.11. The van der Waals surface area contributed by atoms with Gasteiger partial charge in [-0.25, -0.2) is 4.79 Å². The predicted octanol–water partition coefficient (Wildman–Crippen LogP) is 4.22. The van der Waals surface area contributed by atoms with E-state index >= 15 is 0 Å². The molecule has 0 bridgehead atoms. The van der Waals surface area contributed by atoms with E-state index < -0.39 is 6.09 Å². The van der Waals surface area contributed by atoms with E-state index in [9.17, 15) is 9.59 Å². The highest BCUT2D eigenvalue weighted by atomic mass is 16.6. The Morgan fingerprint density at radius 3 is 1.24 bits per heavy atom. The zero-order valence-electron chi connectivity index (χ0n) is 39.1. The molecule has 4 aromatic carbocycles. The fourth-order valence-corrected chi connectivity index (χ4v) is 5.82. The van der Waals surface area contributed by atoms with Gasteiger partial charge in [0, 0.05) is 41.8 Å². The van der Waals surface area contributed by atoms with Gasteiger partial charge in [0.1, 0.15) is 26.4 Å². The van der Waals surface area contributed by atoms with E-state index in [1.807, 2.05) is 109 Å². The Morgan fingerprint density at radius 2 is 0.806 bits per heavy atom. The Hall–Kier alpha value is -9.10. The normalized spacial score (nSPS) is 10.6. The number of ether oxygens (including phenoxy) is 6. The predicted molar refractivity (Wildman–Crippen MR) is 252 cm³/mol. The topological polar surface area (TPSA) is 308 Å². The second kappa shape index (κ2) is 27.8. The summed E-state index contributed by atoms with van der Waals surface area (Å²) < 4.78 is 31.9. The number of nitrogens with zero attached hydrogens (tertiary/aromatic N) is 16. The van der Waals surface area contributed by atoms with Gasteiger partial charge in [-0.2, -0.15) is 0 Å². The standard InChI is InChI=1S/C39H37N9O6.C8H10N8O2/c49-34(53-26-28-13-17-32(18-14-28)37-45-41-35(42-46-37)30-8-3-1-4-9-30)12-7-22-51-24-25-52-23-21-40-39(50)54-27-29-15-19-33(20-16-29)38-47-43-36(44-48-38)31-10-5-2-6-11-31;1-5-9-13-7(14-10-5)17-3-4-18-8-15-11-6(2)12-16-8/h1-6,8-11,13-20H,7,12,21-27H2,(H,40,50);3-4H2,1-2H3. The molecule has 25 nitrogen and oxygen atoms in total. The molecule has 0 atom stereocenters. The lowest BCUT2D eigenvalue weighted by atomic mass is 10.1. The molecule has 0 aliphatic carbocycles. The largest absolute Gasteiger partial charge is 0.461 e. The van der Waals surface area contributed by atoms with Crippen LogP contribution in [0.3, 0.4) is 0 Å². The molecule has 8 aromatic rings. The second-order valence-corrected chi connectivity index (χ2v) is 14.9. The summed E-state index contributed by atoms with van der Waals surface area (Å²) in [6.45, 7) is 5.73. The van der Waals surface area contributed by atoms with Gasteiger partial charge in [-0.3, -0.25) is 4.79 Å². The molecule has 0 saturated heterocycles. The van der Waals surface area contributed by atoms with Crippen molar-refractivity contribution < 1.29 is 38.0 Å². The molecule has 1 N–H and O–H groups in total. The van der Waals surface area contributed by atoms with Gasteiger partial charge >= 0.3 is 24.1 Å². The Labute approximate surface area is 411 Å². The van der Waals surface area contributed by atoms with E-state index in [1.54, 1.807) is 13.8 Å². The van der Waals surface area contributed by atoms with Crippen LogP contribution >= 0.6 is 0 Å². The van der Waals surface area contributed by atoms with Crippen molar-refractivity contribution in [2.24, 2.45) is 0 Å². The molecular formula is C47H47N17O8. The second-order valence-electron chi connectivity index (χ2n) is 14.9. The quantitative estimate of drug-likeness (QED) is 0.0693. The lowest BCUT2D eigenvalue weighted by Gasteiger charge is -2.09. The van der Waals surface area contributed by atoms with Crippen molar-refractivity contribution in [3.63, 3.8) is 0 Å². The zero-order chi connectivity index (χ0) is 50.0. The lowest BCUT2D eigenvalue weighted by molar-refractivity contribution is -0.145. The van der Waals surface area contributed by atoms with Crippen molar-refractivity contribution in [1.82, 2.24) is 86.9 Å². The van der Waals surface area contributed by atoms with E-state index in [-0.39, 0.29) is 57.4 Å². The number of hydrogen-bond donors (Lipinski definition) is 1. The minimum absolute atomic E-state index is 0.0882. The maximum atomic E-state index is 12.2. The van der Waals surface area contributed by atoms with Gasteiger partial charge in [0.05, 0.1) is 19.8 Å². The molecule has 4 heterocycles. The summed E-state index contributed by atoms with van der Waals surface area (Å²) in [4.78, 5) is 24.2. The van der Waals surface area contributed by atoms with Gasteiger partial charge < -0.3 is 33.7 Å². The highest BCUT2D eigenvalue weighted by molar-refractivity contribution is 5.69. The highest BCUT2D eigenvalue weighted by Crippen LogP contribution is 2.19. The molecule has 4 aromatic heterocycles. The number of rotatable bonds is 23. The molecular weight excluding hydrogens is 931 g/mol. The van der Waals surface area contributed by atoms with E-state index in [0.717, 1.165) is 33.4 Å². The van der Waals surface area contributed by atoms with Crippen LogP contribution in [0.15, 0.2) is 109 Å². The van der Waals surface area contributed by atoms with Gasteiger partial charge in [0.25, 0.3) is 0 Å². The van der Waals surface area contributed by atoms with Crippen LogP contribution in [0.4, 0.5) is 4.79 Å². The van der Waals surface area contributed by atoms with Gasteiger partial charge in [-0.05, 0) is 31.4 Å². The zero-order valence-corrected chi connectivity index (χ0v) is 39.1. The third kappa shape index (κ3) is 17.1. The van der Waals surface area contributed by atoms with Crippen LogP contribution < -0.4 is 14.8 Å². The Bertz CT molecular complexity index is 2650. The number of esters is 1. The van der Waals surface area contributed by atoms with Crippen LogP contribution in [-0.4, -0.2) is 140 Å². The van der Waals surface area contributed by atoms with Crippen molar-refractivity contribution >= 4 is 12.1 Å². The van der Waals surface area contributed by atoms with Gasteiger partial charge in [0.15, 0.2) is 11.6 Å². The average Bonchev–Trinajstić information content (AvgIpc) is 3.43. The first kappa shape index (κ1) is 50.8. The molecule has 368 valence electrons. The summed E-state index contributed by atoms with van der Waals surface area (Å²) in [5.74, 6) is 2.36. The molecule has 1 amide bonds. The first-order chi connectivity index (χ1) is 35.3. The van der Waals surface area contributed by atoms with Crippen molar-refractivity contribution in [3.8, 4) is 57.6 Å². The smallest absolute Gasteiger partial charge is 0.407 e. The summed E-state index contributed by atoms with van der Waals surface area (Å²) in [7, 11) is 0. The van der Waals surface area contributed by atoms with Crippen molar-refractivity contribution in [2.45, 2.75) is 39.9 Å². The number of carbonyl (C=O) groups excluding carboxylic acids is 2. The Kier molecular flexibility index (Phi) is 19.6. The number of carbonyl (C=O) groups is 2. The van der Waals surface area contributed by atoms with Crippen LogP contribution in [-0.2, 0) is 37.0 Å². The van der Waals surface area contributed by atoms with Crippen LogP contribution in [0.1, 0.15) is 35.6 Å².